The number of halogens is 2. The molecule has 0 aliphatic rings. The number of nitrogens with one attached hydrogen (secondary N) is 1. The van der Waals surface area contributed by atoms with E-state index in [0.717, 1.165) is 11.3 Å². The van der Waals surface area contributed by atoms with Gasteiger partial charge in [-0.1, -0.05) is 35.3 Å². The molecular formula is C16H11Cl2N3OS. The molecule has 0 unspecified atom stereocenters. The number of nitrogens with zero attached hydrogens (tertiary/aromatic N) is 2. The van der Waals surface area contributed by atoms with Crippen LogP contribution in [-0.2, 0) is 0 Å². The Labute approximate surface area is 147 Å². The molecular weight excluding hydrogens is 353 g/mol. The van der Waals surface area contributed by atoms with Crippen LogP contribution in [0.3, 0.4) is 0 Å². The zero-order chi connectivity index (χ0) is 16.2. The molecule has 23 heavy (non-hydrogen) atoms. The van der Waals surface area contributed by atoms with Crippen molar-refractivity contribution in [1.29, 1.82) is 0 Å². The topological polar surface area (TPSA) is 57.5 Å². The van der Waals surface area contributed by atoms with Gasteiger partial charge in [-0.3, -0.25) is 5.43 Å². The van der Waals surface area contributed by atoms with Crippen LogP contribution in [0, 0.1) is 0 Å². The number of aromatic nitrogens is 1. The van der Waals surface area contributed by atoms with Crippen molar-refractivity contribution >= 4 is 45.9 Å². The Balaban J connectivity index is 1.74. The van der Waals surface area contributed by atoms with Gasteiger partial charge in [-0.05, 0) is 30.3 Å². The van der Waals surface area contributed by atoms with Gasteiger partial charge in [0.2, 0.25) is 5.13 Å². The van der Waals surface area contributed by atoms with Crippen molar-refractivity contribution in [3.8, 4) is 17.0 Å². The molecule has 3 rings (SSSR count). The number of para-hydroxylation sites is 1. The smallest absolute Gasteiger partial charge is 0.203 e. The Morgan fingerprint density at radius 3 is 2.78 bits per heavy atom. The highest BCUT2D eigenvalue weighted by atomic mass is 35.5. The van der Waals surface area contributed by atoms with Crippen LogP contribution in [0.15, 0.2) is 52.9 Å². The van der Waals surface area contributed by atoms with Crippen LogP contribution in [0.2, 0.25) is 10.0 Å². The molecule has 7 heteroatoms. The van der Waals surface area contributed by atoms with E-state index in [2.05, 4.69) is 15.5 Å². The first-order chi connectivity index (χ1) is 11.1. The maximum absolute atomic E-state index is 9.66. The monoisotopic (exact) mass is 363 g/mol. The standard InChI is InChI=1S/C16H11Cl2N3OS/c17-11-5-6-12(13(18)7-11)14-9-23-16(20-14)21-19-8-10-3-1-2-4-15(10)22/h1-9,22H,(H,20,21). The average Bonchev–Trinajstić information content (AvgIpc) is 2.98. The summed E-state index contributed by atoms with van der Waals surface area (Å²) in [7, 11) is 0. The number of anilines is 1. The van der Waals surface area contributed by atoms with Gasteiger partial charge in [-0.2, -0.15) is 5.10 Å². The molecule has 1 heterocycles. The van der Waals surface area contributed by atoms with Crippen LogP contribution in [0.25, 0.3) is 11.3 Å². The molecule has 0 radical (unpaired) electrons. The van der Waals surface area contributed by atoms with E-state index in [1.807, 2.05) is 17.5 Å². The SMILES string of the molecule is Oc1ccccc1C=NNc1nc(-c2ccc(Cl)cc2Cl)cs1. The second kappa shape index (κ2) is 7.00. The van der Waals surface area contributed by atoms with Crippen molar-refractivity contribution in [3.63, 3.8) is 0 Å². The quantitative estimate of drug-likeness (QED) is 0.490. The Hall–Kier alpha value is -2.08. The predicted molar refractivity (Wildman–Crippen MR) is 96.9 cm³/mol. The number of hydrogen-bond donors (Lipinski definition) is 2. The number of rotatable bonds is 4. The van der Waals surface area contributed by atoms with E-state index in [1.165, 1.54) is 17.6 Å². The maximum Gasteiger partial charge on any atom is 0.203 e. The highest BCUT2D eigenvalue weighted by molar-refractivity contribution is 7.14. The summed E-state index contributed by atoms with van der Waals surface area (Å²) in [6.07, 6.45) is 1.53. The summed E-state index contributed by atoms with van der Waals surface area (Å²) in [5.41, 5.74) is 5.02. The van der Waals surface area contributed by atoms with Crippen molar-refractivity contribution in [3.05, 3.63) is 63.5 Å². The molecule has 0 aliphatic heterocycles. The van der Waals surface area contributed by atoms with Crippen LogP contribution in [0.4, 0.5) is 5.13 Å². The summed E-state index contributed by atoms with van der Waals surface area (Å²) in [4.78, 5) is 4.43. The first kappa shape index (κ1) is 15.8. The third-order valence-electron chi connectivity index (χ3n) is 3.01. The van der Waals surface area contributed by atoms with Gasteiger partial charge in [-0.25, -0.2) is 4.98 Å². The summed E-state index contributed by atoms with van der Waals surface area (Å²) in [5.74, 6) is 0.172. The number of thiazole rings is 1. The number of phenols is 1. The highest BCUT2D eigenvalue weighted by Gasteiger charge is 2.08. The fourth-order valence-electron chi connectivity index (χ4n) is 1.90. The van der Waals surface area contributed by atoms with E-state index in [4.69, 9.17) is 23.2 Å². The number of aromatic hydroxyl groups is 1. The number of benzene rings is 2. The van der Waals surface area contributed by atoms with Crippen molar-refractivity contribution < 1.29 is 5.11 Å². The molecule has 116 valence electrons. The van der Waals surface area contributed by atoms with Gasteiger partial charge in [-0.15, -0.1) is 11.3 Å². The molecule has 3 aromatic rings. The lowest BCUT2D eigenvalue weighted by Crippen LogP contribution is -1.90. The molecule has 2 aromatic carbocycles. The first-order valence-electron chi connectivity index (χ1n) is 6.61. The van der Waals surface area contributed by atoms with E-state index < -0.39 is 0 Å². The Morgan fingerprint density at radius 1 is 1.17 bits per heavy atom. The predicted octanol–water partition coefficient (Wildman–Crippen LogP) is 5.27. The highest BCUT2D eigenvalue weighted by Crippen LogP contribution is 2.32. The molecule has 0 bridgehead atoms. The Kier molecular flexibility index (Phi) is 4.81. The molecule has 0 saturated heterocycles. The molecule has 0 aliphatic carbocycles. The summed E-state index contributed by atoms with van der Waals surface area (Å²) in [5, 5.41) is 17.4. The lowest BCUT2D eigenvalue weighted by Gasteiger charge is -2.00. The van der Waals surface area contributed by atoms with Crippen molar-refractivity contribution in [1.82, 2.24) is 4.98 Å². The van der Waals surface area contributed by atoms with E-state index in [9.17, 15) is 5.11 Å². The number of phenolic OH excluding ortho intramolecular Hbond substituents is 1. The normalized spacial score (nSPS) is 11.0. The third kappa shape index (κ3) is 3.82. The number of hydrogen-bond acceptors (Lipinski definition) is 5. The van der Waals surface area contributed by atoms with Gasteiger partial charge < -0.3 is 5.11 Å². The molecule has 0 saturated carbocycles. The van der Waals surface area contributed by atoms with Gasteiger partial charge in [0.1, 0.15) is 5.75 Å². The van der Waals surface area contributed by atoms with Crippen LogP contribution in [0.5, 0.6) is 5.75 Å². The van der Waals surface area contributed by atoms with Crippen LogP contribution in [0.1, 0.15) is 5.56 Å². The molecule has 0 atom stereocenters. The van der Waals surface area contributed by atoms with Gasteiger partial charge >= 0.3 is 0 Å². The Morgan fingerprint density at radius 2 is 2.00 bits per heavy atom. The average molecular weight is 364 g/mol. The first-order valence-corrected chi connectivity index (χ1v) is 8.25. The molecule has 0 fully saturated rings. The minimum atomic E-state index is 0.172. The lowest BCUT2D eigenvalue weighted by atomic mass is 10.2. The molecule has 4 nitrogen and oxygen atoms in total. The summed E-state index contributed by atoms with van der Waals surface area (Å²) in [6, 6.07) is 12.2. The molecule has 0 amide bonds. The maximum atomic E-state index is 9.66. The van der Waals surface area contributed by atoms with Crippen LogP contribution < -0.4 is 5.43 Å². The van der Waals surface area contributed by atoms with Crippen molar-refractivity contribution in [2.75, 3.05) is 5.43 Å². The van der Waals surface area contributed by atoms with Crippen LogP contribution in [-0.4, -0.2) is 16.3 Å². The van der Waals surface area contributed by atoms with Gasteiger partial charge in [0.05, 0.1) is 16.9 Å². The van der Waals surface area contributed by atoms with Gasteiger partial charge in [0.15, 0.2) is 0 Å². The minimum absolute atomic E-state index is 0.172. The summed E-state index contributed by atoms with van der Waals surface area (Å²) < 4.78 is 0. The zero-order valence-electron chi connectivity index (χ0n) is 11.7. The minimum Gasteiger partial charge on any atom is -0.507 e. The lowest BCUT2D eigenvalue weighted by molar-refractivity contribution is 0.474. The third-order valence-corrected chi connectivity index (χ3v) is 4.31. The fraction of sp³-hybridized carbons (Fsp3) is 0. The summed E-state index contributed by atoms with van der Waals surface area (Å²) >= 11 is 13.5. The van der Waals surface area contributed by atoms with Gasteiger partial charge in [0.25, 0.3) is 0 Å². The second-order valence-corrected chi connectivity index (χ2v) is 6.29. The largest absolute Gasteiger partial charge is 0.507 e. The van der Waals surface area contributed by atoms with Crippen LogP contribution >= 0.6 is 34.5 Å². The Bertz CT molecular complexity index is 864. The molecule has 0 spiro atoms. The number of hydrazone groups is 1. The van der Waals surface area contributed by atoms with Gasteiger partial charge in [0, 0.05) is 21.5 Å². The fourth-order valence-corrected chi connectivity index (χ4v) is 3.06. The second-order valence-electron chi connectivity index (χ2n) is 4.59. The van der Waals surface area contributed by atoms with Crippen molar-refractivity contribution in [2.45, 2.75) is 0 Å². The van der Waals surface area contributed by atoms with E-state index in [-0.39, 0.29) is 5.75 Å². The zero-order valence-corrected chi connectivity index (χ0v) is 14.0. The molecule has 1 aromatic heterocycles. The van der Waals surface area contributed by atoms with E-state index >= 15 is 0 Å². The summed E-state index contributed by atoms with van der Waals surface area (Å²) in [6.45, 7) is 0. The van der Waals surface area contributed by atoms with E-state index in [1.54, 1.807) is 30.3 Å². The molecule has 2 N–H and O–H groups in total. The van der Waals surface area contributed by atoms with E-state index in [0.29, 0.717) is 20.7 Å². The van der Waals surface area contributed by atoms with Crippen molar-refractivity contribution in [2.24, 2.45) is 5.10 Å².